The average Bonchev–Trinajstić information content (AvgIpc) is 2.44. The van der Waals surface area contributed by atoms with Crippen LogP contribution in [-0.4, -0.2) is 35.4 Å². The van der Waals surface area contributed by atoms with Crippen LogP contribution >= 0.6 is 0 Å². The van der Waals surface area contributed by atoms with Crippen LogP contribution in [0, 0.1) is 5.41 Å². The fourth-order valence-electron chi connectivity index (χ4n) is 2.77. The van der Waals surface area contributed by atoms with Crippen LogP contribution in [-0.2, 0) is 11.3 Å². The molecule has 0 atom stereocenters. The van der Waals surface area contributed by atoms with Gasteiger partial charge in [-0.15, -0.1) is 0 Å². The van der Waals surface area contributed by atoms with Crippen LogP contribution in [0.5, 0.6) is 0 Å². The fourth-order valence-corrected chi connectivity index (χ4v) is 2.77. The molecule has 0 saturated carbocycles. The minimum Gasteiger partial charge on any atom is -0.444 e. The molecule has 4 nitrogen and oxygen atoms in total. The molecule has 0 aromatic heterocycles. The highest BCUT2D eigenvalue weighted by Gasteiger charge is 2.36. The van der Waals surface area contributed by atoms with Gasteiger partial charge in [0.25, 0.3) is 0 Å². The van der Waals surface area contributed by atoms with Crippen LogP contribution in [0.3, 0.4) is 0 Å². The second kappa shape index (κ2) is 6.73. The number of carbonyl (C=O) groups is 1. The van der Waals surface area contributed by atoms with E-state index < -0.39 is 5.60 Å². The van der Waals surface area contributed by atoms with Crippen molar-refractivity contribution >= 4 is 11.8 Å². The van der Waals surface area contributed by atoms with E-state index in [9.17, 15) is 4.79 Å². The summed E-state index contributed by atoms with van der Waals surface area (Å²) < 4.78 is 5.48. The molecular weight excluding hydrogens is 288 g/mol. The third kappa shape index (κ3) is 5.08. The number of ether oxygens (including phenoxy) is 1. The van der Waals surface area contributed by atoms with Gasteiger partial charge in [-0.2, -0.15) is 0 Å². The molecule has 1 aromatic rings. The Morgan fingerprint density at radius 1 is 1.26 bits per heavy atom. The molecule has 1 fully saturated rings. The summed E-state index contributed by atoms with van der Waals surface area (Å²) in [5.74, 6) is 0. The van der Waals surface area contributed by atoms with Crippen molar-refractivity contribution in [3.8, 4) is 0 Å². The van der Waals surface area contributed by atoms with E-state index in [0.29, 0.717) is 19.6 Å². The SMILES string of the molecule is CC(C)(C)OC(=O)N1CCC(=NCc2ccccc2)C(C)(C)C1. The number of aliphatic imine (C=N–C) groups is 1. The monoisotopic (exact) mass is 316 g/mol. The van der Waals surface area contributed by atoms with E-state index >= 15 is 0 Å². The summed E-state index contributed by atoms with van der Waals surface area (Å²) in [7, 11) is 0. The van der Waals surface area contributed by atoms with Gasteiger partial charge < -0.3 is 9.64 Å². The molecule has 1 heterocycles. The summed E-state index contributed by atoms with van der Waals surface area (Å²) in [5, 5.41) is 0. The molecule has 2 rings (SSSR count). The topological polar surface area (TPSA) is 41.9 Å². The Morgan fingerprint density at radius 3 is 2.48 bits per heavy atom. The maximum atomic E-state index is 12.3. The molecule has 0 aliphatic carbocycles. The minimum atomic E-state index is -0.455. The lowest BCUT2D eigenvalue weighted by molar-refractivity contribution is 0.0192. The van der Waals surface area contributed by atoms with Crippen molar-refractivity contribution < 1.29 is 9.53 Å². The first-order valence-corrected chi connectivity index (χ1v) is 8.23. The van der Waals surface area contributed by atoms with E-state index in [1.807, 2.05) is 39.0 Å². The van der Waals surface area contributed by atoms with Gasteiger partial charge in [0.2, 0.25) is 0 Å². The number of hydrogen-bond acceptors (Lipinski definition) is 3. The number of benzene rings is 1. The molecule has 0 unspecified atom stereocenters. The number of carbonyl (C=O) groups excluding carboxylic acids is 1. The Kier molecular flexibility index (Phi) is 5.12. The van der Waals surface area contributed by atoms with Crippen molar-refractivity contribution in [1.82, 2.24) is 4.90 Å². The quantitative estimate of drug-likeness (QED) is 0.816. The number of piperidine rings is 1. The molecule has 4 heteroatoms. The third-order valence-corrected chi connectivity index (χ3v) is 3.93. The lowest BCUT2D eigenvalue weighted by atomic mass is 9.82. The van der Waals surface area contributed by atoms with Crippen LogP contribution in [0.25, 0.3) is 0 Å². The van der Waals surface area contributed by atoms with Gasteiger partial charge in [-0.3, -0.25) is 4.99 Å². The van der Waals surface area contributed by atoms with E-state index in [-0.39, 0.29) is 11.5 Å². The first-order chi connectivity index (χ1) is 10.7. The van der Waals surface area contributed by atoms with Gasteiger partial charge in [0.05, 0.1) is 6.54 Å². The Labute approximate surface area is 139 Å². The van der Waals surface area contributed by atoms with Gasteiger partial charge in [0.15, 0.2) is 0 Å². The number of rotatable bonds is 2. The van der Waals surface area contributed by atoms with Crippen molar-refractivity contribution in [2.24, 2.45) is 10.4 Å². The van der Waals surface area contributed by atoms with Gasteiger partial charge in [0.1, 0.15) is 5.60 Å². The van der Waals surface area contributed by atoms with Crippen molar-refractivity contribution in [2.75, 3.05) is 13.1 Å². The zero-order valence-electron chi connectivity index (χ0n) is 14.9. The molecule has 1 saturated heterocycles. The van der Waals surface area contributed by atoms with Gasteiger partial charge in [-0.25, -0.2) is 4.79 Å². The molecule has 23 heavy (non-hydrogen) atoms. The summed E-state index contributed by atoms with van der Waals surface area (Å²) in [6.07, 6.45) is 0.576. The maximum Gasteiger partial charge on any atom is 0.410 e. The third-order valence-electron chi connectivity index (χ3n) is 3.93. The normalized spacial score (nSPS) is 19.7. The predicted octanol–water partition coefficient (Wildman–Crippen LogP) is 4.29. The van der Waals surface area contributed by atoms with Crippen LogP contribution in [0.4, 0.5) is 4.79 Å². The van der Waals surface area contributed by atoms with Crippen molar-refractivity contribution in [3.63, 3.8) is 0 Å². The standard InChI is InChI=1S/C19H28N2O2/c1-18(2,3)23-17(22)21-12-11-16(19(4,5)14-21)20-13-15-9-7-6-8-10-15/h6-10H,11-14H2,1-5H3. The van der Waals surface area contributed by atoms with Gasteiger partial charge in [-0.1, -0.05) is 44.2 Å². The van der Waals surface area contributed by atoms with Crippen molar-refractivity contribution in [2.45, 2.75) is 53.2 Å². The van der Waals surface area contributed by atoms with Crippen LogP contribution in [0.15, 0.2) is 35.3 Å². The summed E-state index contributed by atoms with van der Waals surface area (Å²) >= 11 is 0. The second-order valence-corrected chi connectivity index (χ2v) is 7.78. The lowest BCUT2D eigenvalue weighted by Crippen LogP contribution is -2.50. The molecule has 1 amide bonds. The van der Waals surface area contributed by atoms with Gasteiger partial charge in [-0.05, 0) is 26.3 Å². The van der Waals surface area contributed by atoms with E-state index in [4.69, 9.17) is 9.73 Å². The predicted molar refractivity (Wildman–Crippen MR) is 93.8 cm³/mol. The Bertz CT molecular complexity index is 571. The lowest BCUT2D eigenvalue weighted by Gasteiger charge is -2.39. The number of amides is 1. The highest BCUT2D eigenvalue weighted by molar-refractivity contribution is 5.91. The van der Waals surface area contributed by atoms with Crippen LogP contribution < -0.4 is 0 Å². The first kappa shape index (κ1) is 17.5. The molecule has 1 aliphatic heterocycles. The largest absolute Gasteiger partial charge is 0.444 e. The molecule has 0 radical (unpaired) electrons. The summed E-state index contributed by atoms with van der Waals surface area (Å²) in [6.45, 7) is 12.0. The summed E-state index contributed by atoms with van der Waals surface area (Å²) in [5.41, 5.74) is 1.82. The van der Waals surface area contributed by atoms with E-state index in [2.05, 4.69) is 26.0 Å². The smallest absolute Gasteiger partial charge is 0.410 e. The number of likely N-dealkylation sites (tertiary alicyclic amines) is 1. The average molecular weight is 316 g/mol. The van der Waals surface area contributed by atoms with Crippen molar-refractivity contribution in [3.05, 3.63) is 35.9 Å². The zero-order valence-corrected chi connectivity index (χ0v) is 14.9. The second-order valence-electron chi connectivity index (χ2n) is 7.78. The first-order valence-electron chi connectivity index (χ1n) is 8.23. The van der Waals surface area contributed by atoms with Gasteiger partial charge >= 0.3 is 6.09 Å². The van der Waals surface area contributed by atoms with E-state index in [1.54, 1.807) is 4.90 Å². The summed E-state index contributed by atoms with van der Waals surface area (Å²) in [4.78, 5) is 18.9. The zero-order chi connectivity index (χ0) is 17.1. The highest BCUT2D eigenvalue weighted by atomic mass is 16.6. The molecule has 126 valence electrons. The van der Waals surface area contributed by atoms with Crippen LogP contribution in [0.2, 0.25) is 0 Å². The molecule has 0 spiro atoms. The maximum absolute atomic E-state index is 12.3. The molecule has 0 N–H and O–H groups in total. The number of hydrogen-bond donors (Lipinski definition) is 0. The fraction of sp³-hybridized carbons (Fsp3) is 0.579. The molecule has 0 bridgehead atoms. The van der Waals surface area contributed by atoms with Crippen molar-refractivity contribution in [1.29, 1.82) is 0 Å². The van der Waals surface area contributed by atoms with E-state index in [0.717, 1.165) is 6.42 Å². The Morgan fingerprint density at radius 2 is 1.91 bits per heavy atom. The number of nitrogens with zero attached hydrogens (tertiary/aromatic N) is 2. The van der Waals surface area contributed by atoms with Crippen LogP contribution in [0.1, 0.15) is 46.6 Å². The minimum absolute atomic E-state index is 0.121. The van der Waals surface area contributed by atoms with E-state index in [1.165, 1.54) is 11.3 Å². The Balaban J connectivity index is 2.01. The summed E-state index contributed by atoms with van der Waals surface area (Å²) in [6, 6.07) is 10.3. The molecule has 1 aromatic carbocycles. The Hall–Kier alpha value is -1.84. The molecular formula is C19H28N2O2. The highest BCUT2D eigenvalue weighted by Crippen LogP contribution is 2.28. The molecule has 1 aliphatic rings. The van der Waals surface area contributed by atoms with Gasteiger partial charge in [0, 0.05) is 30.6 Å².